The van der Waals surface area contributed by atoms with Crippen LogP contribution in [-0.2, 0) is 24.2 Å². The largest absolute Gasteiger partial charge is 0.467 e. The lowest BCUT2D eigenvalue weighted by atomic mass is 9.95. The van der Waals surface area contributed by atoms with Gasteiger partial charge in [0.15, 0.2) is 0 Å². The molecule has 0 spiro atoms. The highest BCUT2D eigenvalue weighted by atomic mass is 32.1. The van der Waals surface area contributed by atoms with Gasteiger partial charge >= 0.3 is 0 Å². The summed E-state index contributed by atoms with van der Waals surface area (Å²) in [5, 5.41) is 17.0. The Balaban J connectivity index is 0.000000623. The number of nitro benzene ring substituents is 1. The average molecular weight is 499 g/mol. The lowest BCUT2D eigenvalue weighted by molar-refractivity contribution is -0.384. The van der Waals surface area contributed by atoms with E-state index in [1.165, 1.54) is 40.5 Å². The third-order valence-corrected chi connectivity index (χ3v) is 6.39. The molecule has 0 unspecified atom stereocenters. The Morgan fingerprint density at radius 1 is 1.14 bits per heavy atom. The number of anilines is 1. The van der Waals surface area contributed by atoms with Gasteiger partial charge in [0.2, 0.25) is 6.41 Å². The second kappa shape index (κ2) is 11.9. The van der Waals surface area contributed by atoms with Crippen molar-refractivity contribution in [2.45, 2.75) is 32.2 Å². The first-order valence-electron chi connectivity index (χ1n) is 10.9. The van der Waals surface area contributed by atoms with Gasteiger partial charge in [-0.05, 0) is 55.5 Å². The van der Waals surface area contributed by atoms with Crippen molar-refractivity contribution in [3.63, 3.8) is 0 Å². The number of rotatable bonds is 7. The highest BCUT2D eigenvalue weighted by Crippen LogP contribution is 2.38. The highest BCUT2D eigenvalue weighted by molar-refractivity contribution is 7.17. The highest BCUT2D eigenvalue weighted by Gasteiger charge is 2.26. The van der Waals surface area contributed by atoms with Gasteiger partial charge < -0.3 is 20.0 Å². The molecule has 35 heavy (non-hydrogen) atoms. The summed E-state index contributed by atoms with van der Waals surface area (Å²) in [4.78, 5) is 47.9. The Labute approximate surface area is 206 Å². The fourth-order valence-corrected chi connectivity index (χ4v) is 4.75. The number of furan rings is 1. The molecule has 0 bridgehead atoms. The number of nitrogens with zero attached hydrogens (tertiary/aromatic N) is 2. The molecule has 0 radical (unpaired) electrons. The van der Waals surface area contributed by atoms with Gasteiger partial charge in [-0.1, -0.05) is 0 Å². The molecule has 1 aromatic carbocycles. The molecule has 4 rings (SSSR count). The second-order valence-electron chi connectivity index (χ2n) is 8.00. The van der Waals surface area contributed by atoms with Gasteiger partial charge in [0.1, 0.15) is 10.8 Å². The third-order valence-electron chi connectivity index (χ3n) is 5.18. The van der Waals surface area contributed by atoms with Crippen molar-refractivity contribution in [1.82, 2.24) is 10.2 Å². The van der Waals surface area contributed by atoms with E-state index in [4.69, 9.17) is 4.42 Å². The fraction of sp³-hybridized carbons (Fsp3) is 0.292. The summed E-state index contributed by atoms with van der Waals surface area (Å²) in [6.45, 7) is 0.256. The maximum absolute atomic E-state index is 13.0. The van der Waals surface area contributed by atoms with Crippen LogP contribution >= 0.6 is 11.3 Å². The summed E-state index contributed by atoms with van der Waals surface area (Å²) < 4.78 is 5.26. The molecule has 0 atom stereocenters. The van der Waals surface area contributed by atoms with Crippen LogP contribution in [0.1, 0.15) is 49.8 Å². The number of nitrogens with one attached hydrogen (secondary N) is 2. The lowest BCUT2D eigenvalue weighted by Gasteiger charge is -2.13. The first-order chi connectivity index (χ1) is 16.8. The van der Waals surface area contributed by atoms with Crippen LogP contribution in [0.2, 0.25) is 0 Å². The predicted octanol–water partition coefficient (Wildman–Crippen LogP) is 4.01. The van der Waals surface area contributed by atoms with Crippen LogP contribution in [0.4, 0.5) is 10.7 Å². The first kappa shape index (κ1) is 25.6. The number of nitro groups is 1. The smallest absolute Gasteiger partial charge is 0.269 e. The Kier molecular flexibility index (Phi) is 8.74. The number of carbonyl (C=O) groups is 3. The van der Waals surface area contributed by atoms with E-state index in [-0.39, 0.29) is 23.7 Å². The zero-order valence-electron chi connectivity index (χ0n) is 19.4. The maximum Gasteiger partial charge on any atom is 0.269 e. The topological polar surface area (TPSA) is 135 Å². The third kappa shape index (κ3) is 6.76. The van der Waals surface area contributed by atoms with Gasteiger partial charge in [0.05, 0.1) is 23.3 Å². The normalized spacial score (nSPS) is 11.9. The van der Waals surface area contributed by atoms with Crippen molar-refractivity contribution in [3.05, 3.63) is 80.1 Å². The summed E-state index contributed by atoms with van der Waals surface area (Å²) in [6, 6.07) is 8.90. The van der Waals surface area contributed by atoms with Crippen molar-refractivity contribution in [2.24, 2.45) is 0 Å². The summed E-state index contributed by atoms with van der Waals surface area (Å²) in [5.74, 6) is -0.0303. The average Bonchev–Trinajstić information content (AvgIpc) is 3.50. The van der Waals surface area contributed by atoms with E-state index < -0.39 is 10.8 Å². The number of carbonyl (C=O) groups excluding carboxylic acids is 3. The molecule has 1 aliphatic carbocycles. The molecule has 2 aromatic heterocycles. The molecule has 10 nitrogen and oxygen atoms in total. The fourth-order valence-electron chi connectivity index (χ4n) is 3.47. The number of hydrogen-bond acceptors (Lipinski definition) is 7. The number of aryl methyl sites for hydroxylation is 1. The van der Waals surface area contributed by atoms with Gasteiger partial charge in [-0.15, -0.1) is 11.3 Å². The minimum atomic E-state index is -0.517. The van der Waals surface area contributed by atoms with Crippen LogP contribution in [-0.4, -0.2) is 42.1 Å². The minimum absolute atomic E-state index is 0.0869. The monoisotopic (exact) mass is 498 g/mol. The maximum atomic E-state index is 13.0. The molecule has 184 valence electrons. The first-order valence-corrected chi connectivity index (χ1v) is 11.7. The van der Waals surface area contributed by atoms with Crippen LogP contribution < -0.4 is 10.6 Å². The number of non-ortho nitro benzene ring substituents is 1. The molecule has 1 aliphatic rings. The number of thiophene rings is 1. The van der Waals surface area contributed by atoms with Gasteiger partial charge in [-0.2, -0.15) is 0 Å². The molecular formula is C24H26N4O6S. The van der Waals surface area contributed by atoms with Crippen molar-refractivity contribution in [1.29, 1.82) is 0 Å². The van der Waals surface area contributed by atoms with E-state index >= 15 is 0 Å². The molecular weight excluding hydrogens is 472 g/mol. The van der Waals surface area contributed by atoms with Gasteiger partial charge in [-0.3, -0.25) is 24.5 Å². The lowest BCUT2D eigenvalue weighted by Crippen LogP contribution is -2.25. The zero-order valence-corrected chi connectivity index (χ0v) is 20.2. The van der Waals surface area contributed by atoms with E-state index in [9.17, 15) is 24.5 Å². The molecule has 2 N–H and O–H groups in total. The molecule has 2 heterocycles. The molecule has 11 heteroatoms. The number of amides is 3. The van der Waals surface area contributed by atoms with Crippen molar-refractivity contribution < 1.29 is 23.7 Å². The van der Waals surface area contributed by atoms with Crippen molar-refractivity contribution in [3.8, 4) is 0 Å². The zero-order chi connectivity index (χ0) is 25.4. The van der Waals surface area contributed by atoms with Crippen LogP contribution in [0.5, 0.6) is 0 Å². The van der Waals surface area contributed by atoms with E-state index in [0.29, 0.717) is 16.3 Å². The summed E-state index contributed by atoms with van der Waals surface area (Å²) >= 11 is 1.42. The van der Waals surface area contributed by atoms with Crippen molar-refractivity contribution in [2.75, 3.05) is 19.4 Å². The molecule has 3 aromatic rings. The molecule has 0 fully saturated rings. The van der Waals surface area contributed by atoms with Crippen LogP contribution in [0, 0.1) is 10.1 Å². The summed E-state index contributed by atoms with van der Waals surface area (Å²) in [5.41, 5.74) is 1.68. The summed E-state index contributed by atoms with van der Waals surface area (Å²) in [7, 11) is 3.38. The van der Waals surface area contributed by atoms with Crippen LogP contribution in [0.3, 0.4) is 0 Å². The summed E-state index contributed by atoms with van der Waals surface area (Å²) in [6.07, 6.45) is 6.02. The van der Waals surface area contributed by atoms with Crippen LogP contribution in [0.15, 0.2) is 47.1 Å². The Morgan fingerprint density at radius 3 is 2.43 bits per heavy atom. The van der Waals surface area contributed by atoms with E-state index in [0.717, 1.165) is 42.5 Å². The van der Waals surface area contributed by atoms with Gasteiger partial charge in [0, 0.05) is 36.7 Å². The van der Waals surface area contributed by atoms with E-state index in [2.05, 4.69) is 10.6 Å². The Hall–Kier alpha value is -3.99. The number of fused-ring (bicyclic) bond motifs is 1. The second-order valence-corrected chi connectivity index (χ2v) is 9.11. The molecule has 0 saturated carbocycles. The molecule has 0 saturated heterocycles. The van der Waals surface area contributed by atoms with Gasteiger partial charge in [0.25, 0.3) is 17.5 Å². The SMILES string of the molecule is CN(C)C=O.O=C(Nc1sc2c(c1C(=O)NCc1ccco1)CCCC2)c1ccc([N+](=O)[O-])cc1. The standard InChI is InChI=1S/C21H19N3O5S.C3H7NO/c25-19(13-7-9-14(10-8-13)24(27)28)23-21-18(16-5-1-2-6-17(16)30-21)20(26)22-12-15-4-3-11-29-15;1-4(2)3-5/h3-4,7-11H,1-2,5-6,12H2,(H,22,26)(H,23,25);3H,1-2H3. The van der Waals surface area contributed by atoms with E-state index in [1.54, 1.807) is 32.5 Å². The number of benzene rings is 1. The van der Waals surface area contributed by atoms with Crippen LogP contribution in [0.25, 0.3) is 0 Å². The predicted molar refractivity (Wildman–Crippen MR) is 132 cm³/mol. The quantitative estimate of drug-likeness (QED) is 0.287. The molecule has 0 aliphatic heterocycles. The Bertz CT molecular complexity index is 1190. The van der Waals surface area contributed by atoms with E-state index in [1.807, 2.05) is 0 Å². The van der Waals surface area contributed by atoms with Gasteiger partial charge in [-0.25, -0.2) is 0 Å². The van der Waals surface area contributed by atoms with Crippen molar-refractivity contribution >= 4 is 40.2 Å². The number of hydrogen-bond donors (Lipinski definition) is 2. The minimum Gasteiger partial charge on any atom is -0.467 e. The molecule has 3 amide bonds. The Morgan fingerprint density at radius 2 is 1.83 bits per heavy atom.